The number of ether oxygens (including phenoxy) is 2. The van der Waals surface area contributed by atoms with Gasteiger partial charge in [-0.15, -0.1) is 0 Å². The van der Waals surface area contributed by atoms with Crippen molar-refractivity contribution < 1.29 is 14.3 Å². The summed E-state index contributed by atoms with van der Waals surface area (Å²) in [6.07, 6.45) is 0. The largest absolute Gasteiger partial charge is 0.493 e. The minimum atomic E-state index is -0.261. The number of carbonyl (C=O) groups is 1. The van der Waals surface area contributed by atoms with Crippen molar-refractivity contribution in [1.29, 1.82) is 0 Å². The monoisotopic (exact) mass is 522 g/mol. The highest BCUT2D eigenvalue weighted by Crippen LogP contribution is 2.37. The summed E-state index contributed by atoms with van der Waals surface area (Å²) in [5, 5.41) is 7.20. The van der Waals surface area contributed by atoms with Crippen LogP contribution in [0.15, 0.2) is 59.1 Å². The predicted octanol–water partition coefficient (Wildman–Crippen LogP) is 6.70. The summed E-state index contributed by atoms with van der Waals surface area (Å²) < 4.78 is 11.9. The zero-order valence-electron chi connectivity index (χ0n) is 17.0. The molecule has 31 heavy (non-hydrogen) atoms. The van der Waals surface area contributed by atoms with Gasteiger partial charge in [-0.05, 0) is 76.4 Å². The number of carbonyl (C=O) groups excluding carboxylic acids is 1. The molecule has 8 heteroatoms. The molecule has 0 radical (unpaired) electrons. The number of methoxy groups -OCH3 is 1. The number of benzene rings is 3. The minimum Gasteiger partial charge on any atom is -0.493 e. The van der Waals surface area contributed by atoms with Gasteiger partial charge in [0.15, 0.2) is 18.1 Å². The van der Waals surface area contributed by atoms with Crippen LogP contribution < -0.4 is 20.1 Å². The molecule has 0 aliphatic heterocycles. The van der Waals surface area contributed by atoms with E-state index in [1.165, 1.54) is 0 Å². The van der Waals surface area contributed by atoms with Gasteiger partial charge >= 0.3 is 0 Å². The third-order valence-corrected chi connectivity index (χ3v) is 5.49. The average Bonchev–Trinajstić information content (AvgIpc) is 2.72. The molecule has 0 aliphatic rings. The van der Waals surface area contributed by atoms with E-state index in [9.17, 15) is 4.79 Å². The van der Waals surface area contributed by atoms with E-state index >= 15 is 0 Å². The molecule has 5 nitrogen and oxygen atoms in total. The number of rotatable bonds is 8. The van der Waals surface area contributed by atoms with Crippen molar-refractivity contribution in [3.63, 3.8) is 0 Å². The molecule has 0 saturated heterocycles. The molecule has 0 aromatic heterocycles. The molecule has 3 aromatic carbocycles. The van der Waals surface area contributed by atoms with Gasteiger partial charge in [0, 0.05) is 17.3 Å². The van der Waals surface area contributed by atoms with Crippen molar-refractivity contribution in [2.45, 2.75) is 13.5 Å². The van der Waals surface area contributed by atoms with E-state index in [1.807, 2.05) is 49.4 Å². The third kappa shape index (κ3) is 6.53. The maximum Gasteiger partial charge on any atom is 0.262 e. The molecule has 0 unspecified atom stereocenters. The van der Waals surface area contributed by atoms with Crippen LogP contribution in [0.2, 0.25) is 10.0 Å². The Morgan fingerprint density at radius 1 is 1.10 bits per heavy atom. The molecule has 0 bridgehead atoms. The molecule has 1 amide bonds. The lowest BCUT2D eigenvalue weighted by Crippen LogP contribution is -2.20. The van der Waals surface area contributed by atoms with E-state index in [-0.39, 0.29) is 12.5 Å². The highest BCUT2D eigenvalue weighted by atomic mass is 79.9. The fourth-order valence-corrected chi connectivity index (χ4v) is 3.98. The summed E-state index contributed by atoms with van der Waals surface area (Å²) >= 11 is 15.7. The number of hydrogen-bond donors (Lipinski definition) is 2. The van der Waals surface area contributed by atoms with E-state index in [4.69, 9.17) is 32.7 Å². The number of aryl methyl sites for hydroxylation is 1. The lowest BCUT2D eigenvalue weighted by atomic mass is 10.2. The van der Waals surface area contributed by atoms with Crippen LogP contribution in [0.25, 0.3) is 0 Å². The molecule has 3 rings (SSSR count). The lowest BCUT2D eigenvalue weighted by molar-refractivity contribution is -0.118. The van der Waals surface area contributed by atoms with Crippen LogP contribution in [0.4, 0.5) is 11.4 Å². The molecule has 0 atom stereocenters. The first-order valence-electron chi connectivity index (χ1n) is 9.40. The summed E-state index contributed by atoms with van der Waals surface area (Å²) in [5.74, 6) is 0.703. The van der Waals surface area contributed by atoms with E-state index in [1.54, 1.807) is 19.2 Å². The van der Waals surface area contributed by atoms with E-state index < -0.39 is 0 Å². The first-order valence-corrected chi connectivity index (χ1v) is 10.9. The van der Waals surface area contributed by atoms with E-state index in [2.05, 4.69) is 26.6 Å². The molecule has 0 aliphatic carbocycles. The highest BCUT2D eigenvalue weighted by molar-refractivity contribution is 9.10. The molecule has 0 heterocycles. The number of anilines is 2. The predicted molar refractivity (Wildman–Crippen MR) is 130 cm³/mol. The summed E-state index contributed by atoms with van der Waals surface area (Å²) in [6, 6.07) is 16.6. The van der Waals surface area contributed by atoms with Crippen molar-refractivity contribution in [1.82, 2.24) is 0 Å². The van der Waals surface area contributed by atoms with Crippen LogP contribution >= 0.6 is 39.1 Å². The first-order chi connectivity index (χ1) is 14.9. The molecule has 0 spiro atoms. The highest BCUT2D eigenvalue weighted by Gasteiger charge is 2.14. The van der Waals surface area contributed by atoms with Gasteiger partial charge < -0.3 is 20.1 Å². The quantitative estimate of drug-likeness (QED) is 0.344. The van der Waals surface area contributed by atoms with Gasteiger partial charge in [0.05, 0.1) is 22.3 Å². The van der Waals surface area contributed by atoms with Crippen molar-refractivity contribution in [2.24, 2.45) is 0 Å². The Kier molecular flexibility index (Phi) is 8.07. The Balaban J connectivity index is 1.65. The summed E-state index contributed by atoms with van der Waals surface area (Å²) in [6.45, 7) is 2.32. The second kappa shape index (κ2) is 10.8. The van der Waals surface area contributed by atoms with Crippen LogP contribution in [0.5, 0.6) is 11.5 Å². The third-order valence-electron chi connectivity index (χ3n) is 4.35. The van der Waals surface area contributed by atoms with Gasteiger partial charge in [0.1, 0.15) is 0 Å². The van der Waals surface area contributed by atoms with Gasteiger partial charge in [-0.1, -0.05) is 35.3 Å². The van der Waals surface area contributed by atoms with Gasteiger partial charge in [-0.25, -0.2) is 0 Å². The van der Waals surface area contributed by atoms with Crippen LogP contribution in [0.1, 0.15) is 11.1 Å². The number of hydrogen-bond acceptors (Lipinski definition) is 4. The molecule has 0 fully saturated rings. The zero-order chi connectivity index (χ0) is 22.4. The van der Waals surface area contributed by atoms with Crippen LogP contribution in [-0.4, -0.2) is 19.6 Å². The zero-order valence-corrected chi connectivity index (χ0v) is 20.1. The smallest absolute Gasteiger partial charge is 0.262 e. The van der Waals surface area contributed by atoms with Gasteiger partial charge in [-0.2, -0.15) is 0 Å². The SMILES string of the molecule is COc1cc(CNc2ccc(Cl)cc2Cl)cc(Br)c1OCC(=O)Nc1cccc(C)c1. The summed E-state index contributed by atoms with van der Waals surface area (Å²) in [5.41, 5.74) is 3.50. The maximum absolute atomic E-state index is 12.3. The fourth-order valence-electron chi connectivity index (χ4n) is 2.90. The van der Waals surface area contributed by atoms with Crippen molar-refractivity contribution in [2.75, 3.05) is 24.4 Å². The van der Waals surface area contributed by atoms with Gasteiger partial charge in [0.2, 0.25) is 0 Å². The van der Waals surface area contributed by atoms with Crippen LogP contribution in [-0.2, 0) is 11.3 Å². The number of nitrogens with one attached hydrogen (secondary N) is 2. The average molecular weight is 524 g/mol. The summed E-state index contributed by atoms with van der Waals surface area (Å²) in [7, 11) is 1.55. The van der Waals surface area contributed by atoms with Crippen molar-refractivity contribution in [3.05, 3.63) is 80.2 Å². The standard InChI is InChI=1S/C23H21BrCl2N2O3/c1-14-4-3-5-17(8-14)28-22(29)13-31-23-18(24)9-15(10-21(23)30-2)12-27-20-7-6-16(25)11-19(20)26/h3-11,27H,12-13H2,1-2H3,(H,28,29). The van der Waals surface area contributed by atoms with Crippen molar-refractivity contribution in [3.8, 4) is 11.5 Å². The summed E-state index contributed by atoms with van der Waals surface area (Å²) in [4.78, 5) is 12.3. The molecule has 162 valence electrons. The second-order valence-electron chi connectivity index (χ2n) is 6.79. The Morgan fingerprint density at radius 3 is 2.61 bits per heavy atom. The van der Waals surface area contributed by atoms with E-state index in [0.29, 0.717) is 32.6 Å². The number of amides is 1. The molecule has 0 saturated carbocycles. The second-order valence-corrected chi connectivity index (χ2v) is 8.49. The topological polar surface area (TPSA) is 59.6 Å². The molecular weight excluding hydrogens is 503 g/mol. The first kappa shape index (κ1) is 23.3. The van der Waals surface area contributed by atoms with Gasteiger partial charge in [0.25, 0.3) is 5.91 Å². The lowest BCUT2D eigenvalue weighted by Gasteiger charge is -2.15. The molecular formula is C23H21BrCl2N2O3. The number of halogens is 3. The maximum atomic E-state index is 12.3. The van der Waals surface area contributed by atoms with Crippen LogP contribution in [0, 0.1) is 6.92 Å². The molecule has 2 N–H and O–H groups in total. The Labute approximate surface area is 199 Å². The van der Waals surface area contributed by atoms with Crippen LogP contribution in [0.3, 0.4) is 0 Å². The minimum absolute atomic E-state index is 0.152. The Morgan fingerprint density at radius 2 is 1.90 bits per heavy atom. The van der Waals surface area contributed by atoms with Gasteiger partial charge in [-0.3, -0.25) is 4.79 Å². The Hall–Kier alpha value is -2.41. The van der Waals surface area contributed by atoms with Crippen molar-refractivity contribution >= 4 is 56.4 Å². The van der Waals surface area contributed by atoms with E-state index in [0.717, 1.165) is 22.5 Å². The Bertz CT molecular complexity index is 1090. The molecule has 3 aromatic rings. The fraction of sp³-hybridized carbons (Fsp3) is 0.174. The normalized spacial score (nSPS) is 10.5.